The predicted octanol–water partition coefficient (Wildman–Crippen LogP) is 4.25. The van der Waals surface area contributed by atoms with E-state index in [0.29, 0.717) is 6.54 Å². The highest BCUT2D eigenvalue weighted by Crippen LogP contribution is 2.28. The van der Waals surface area contributed by atoms with Crippen LogP contribution in [0.3, 0.4) is 0 Å². The first-order valence-corrected chi connectivity index (χ1v) is 8.82. The minimum atomic E-state index is 0.599. The number of thioether (sulfide) groups is 1. The van der Waals surface area contributed by atoms with Gasteiger partial charge < -0.3 is 4.57 Å². The molecule has 0 fully saturated rings. The summed E-state index contributed by atoms with van der Waals surface area (Å²) in [4.78, 5) is 10.8. The molecule has 0 saturated carbocycles. The second-order valence-corrected chi connectivity index (χ2v) is 6.46. The summed E-state index contributed by atoms with van der Waals surface area (Å²) >= 11 is 1.75. The van der Waals surface area contributed by atoms with Gasteiger partial charge in [0.1, 0.15) is 5.82 Å². The molecule has 0 bridgehead atoms. The lowest BCUT2D eigenvalue weighted by atomic mass is 10.0. The van der Waals surface area contributed by atoms with E-state index in [9.17, 15) is 0 Å². The van der Waals surface area contributed by atoms with Crippen LogP contribution in [0.2, 0.25) is 0 Å². The molecule has 1 aliphatic rings. The lowest BCUT2D eigenvalue weighted by Gasteiger charge is -2.13. The first-order chi connectivity index (χ1) is 11.3. The fraction of sp³-hybridized carbons (Fsp3) is 0.158. The van der Waals surface area contributed by atoms with Crippen LogP contribution in [-0.4, -0.2) is 21.5 Å². The summed E-state index contributed by atoms with van der Waals surface area (Å²) in [6.07, 6.45) is 4.20. The monoisotopic (exact) mass is 319 g/mol. The van der Waals surface area contributed by atoms with Gasteiger partial charge in [-0.2, -0.15) is 0 Å². The molecular formula is C19H17N3S. The first kappa shape index (κ1) is 14.3. The second kappa shape index (κ2) is 5.70. The van der Waals surface area contributed by atoms with Crippen LogP contribution >= 0.6 is 11.8 Å². The van der Waals surface area contributed by atoms with Gasteiger partial charge in [0.05, 0.1) is 23.6 Å². The molecule has 3 nitrogen and oxygen atoms in total. The SMILES string of the molecule is CSc1ccc2c(c1)C(c1ccccc1)=NCc1nc(C)cn1-2. The molecule has 4 heteroatoms. The molecule has 0 saturated heterocycles. The third-order valence-electron chi connectivity index (χ3n) is 4.04. The van der Waals surface area contributed by atoms with Gasteiger partial charge in [0.15, 0.2) is 0 Å². The van der Waals surface area contributed by atoms with E-state index in [-0.39, 0.29) is 0 Å². The van der Waals surface area contributed by atoms with E-state index in [1.807, 2.05) is 13.0 Å². The van der Waals surface area contributed by atoms with Gasteiger partial charge in [-0.1, -0.05) is 30.3 Å². The Balaban J connectivity index is 1.98. The zero-order valence-electron chi connectivity index (χ0n) is 13.2. The summed E-state index contributed by atoms with van der Waals surface area (Å²) in [5, 5.41) is 0. The molecule has 0 unspecified atom stereocenters. The lowest BCUT2D eigenvalue weighted by molar-refractivity contribution is 0.878. The van der Waals surface area contributed by atoms with Crippen LogP contribution in [0.25, 0.3) is 5.69 Å². The van der Waals surface area contributed by atoms with E-state index in [1.165, 1.54) is 10.5 Å². The smallest absolute Gasteiger partial charge is 0.135 e. The molecule has 4 rings (SSSR count). The Hall–Kier alpha value is -2.33. The summed E-state index contributed by atoms with van der Waals surface area (Å²) in [7, 11) is 0. The van der Waals surface area contributed by atoms with E-state index in [4.69, 9.17) is 4.99 Å². The topological polar surface area (TPSA) is 30.2 Å². The van der Waals surface area contributed by atoms with Crippen LogP contribution in [0.4, 0.5) is 0 Å². The molecule has 1 aromatic heterocycles. The van der Waals surface area contributed by atoms with Gasteiger partial charge in [0.25, 0.3) is 0 Å². The van der Waals surface area contributed by atoms with Gasteiger partial charge in [-0.25, -0.2) is 4.98 Å². The number of rotatable bonds is 2. The fourth-order valence-corrected chi connectivity index (χ4v) is 3.43. The third kappa shape index (κ3) is 2.49. The largest absolute Gasteiger partial charge is 0.301 e. The predicted molar refractivity (Wildman–Crippen MR) is 95.9 cm³/mol. The molecule has 0 aliphatic carbocycles. The number of hydrogen-bond donors (Lipinski definition) is 0. The number of hydrogen-bond acceptors (Lipinski definition) is 3. The van der Waals surface area contributed by atoms with Crippen LogP contribution < -0.4 is 0 Å². The minimum Gasteiger partial charge on any atom is -0.301 e. The number of aliphatic imine (C=N–C) groups is 1. The van der Waals surface area contributed by atoms with Gasteiger partial charge >= 0.3 is 0 Å². The van der Waals surface area contributed by atoms with Crippen molar-refractivity contribution < 1.29 is 0 Å². The van der Waals surface area contributed by atoms with E-state index in [1.54, 1.807) is 11.8 Å². The highest BCUT2D eigenvalue weighted by atomic mass is 32.2. The molecule has 0 amide bonds. The maximum Gasteiger partial charge on any atom is 0.135 e. The highest BCUT2D eigenvalue weighted by Gasteiger charge is 2.20. The lowest BCUT2D eigenvalue weighted by Crippen LogP contribution is -2.07. The molecule has 2 heterocycles. The van der Waals surface area contributed by atoms with Crippen molar-refractivity contribution in [1.29, 1.82) is 0 Å². The molecule has 114 valence electrons. The van der Waals surface area contributed by atoms with Crippen molar-refractivity contribution in [2.45, 2.75) is 18.4 Å². The maximum absolute atomic E-state index is 4.89. The van der Waals surface area contributed by atoms with Gasteiger partial charge in [0, 0.05) is 22.2 Å². The fourth-order valence-electron chi connectivity index (χ4n) is 2.99. The van der Waals surface area contributed by atoms with Crippen molar-refractivity contribution >= 4 is 17.5 Å². The molecule has 23 heavy (non-hydrogen) atoms. The number of benzene rings is 2. The molecule has 3 aromatic rings. The number of imidazole rings is 1. The van der Waals surface area contributed by atoms with Crippen molar-refractivity contribution in [2.75, 3.05) is 6.26 Å². The number of fused-ring (bicyclic) bond motifs is 3. The Morgan fingerprint density at radius 3 is 2.70 bits per heavy atom. The van der Waals surface area contributed by atoms with E-state index < -0.39 is 0 Å². The van der Waals surface area contributed by atoms with Crippen LogP contribution in [0.1, 0.15) is 22.6 Å². The first-order valence-electron chi connectivity index (χ1n) is 7.60. The van der Waals surface area contributed by atoms with Crippen molar-refractivity contribution in [3.63, 3.8) is 0 Å². The Morgan fingerprint density at radius 2 is 1.91 bits per heavy atom. The van der Waals surface area contributed by atoms with E-state index >= 15 is 0 Å². The van der Waals surface area contributed by atoms with Crippen LogP contribution in [0, 0.1) is 6.92 Å². The number of nitrogens with zero attached hydrogens (tertiary/aromatic N) is 3. The number of aryl methyl sites for hydroxylation is 1. The summed E-state index contributed by atoms with van der Waals surface area (Å²) in [5.74, 6) is 0.992. The normalized spacial score (nSPS) is 13.0. The summed E-state index contributed by atoms with van der Waals surface area (Å²) < 4.78 is 2.17. The minimum absolute atomic E-state index is 0.599. The van der Waals surface area contributed by atoms with Gasteiger partial charge in [-0.3, -0.25) is 4.99 Å². The highest BCUT2D eigenvalue weighted by molar-refractivity contribution is 7.98. The van der Waals surface area contributed by atoms with Crippen LogP contribution in [0.5, 0.6) is 0 Å². The summed E-state index contributed by atoms with van der Waals surface area (Å²) in [6, 6.07) is 17.0. The van der Waals surface area contributed by atoms with Crippen molar-refractivity contribution in [1.82, 2.24) is 9.55 Å². The average molecular weight is 319 g/mol. The van der Waals surface area contributed by atoms with E-state index in [2.05, 4.69) is 64.5 Å². The number of aromatic nitrogens is 2. The quantitative estimate of drug-likeness (QED) is 0.661. The van der Waals surface area contributed by atoms with Crippen molar-refractivity contribution in [3.05, 3.63) is 77.4 Å². The average Bonchev–Trinajstić information content (AvgIpc) is 2.89. The summed E-state index contributed by atoms with van der Waals surface area (Å²) in [5.41, 5.74) is 5.53. The Morgan fingerprint density at radius 1 is 1.09 bits per heavy atom. The van der Waals surface area contributed by atoms with E-state index in [0.717, 1.165) is 28.5 Å². The zero-order chi connectivity index (χ0) is 15.8. The third-order valence-corrected chi connectivity index (χ3v) is 4.77. The molecule has 0 radical (unpaired) electrons. The van der Waals surface area contributed by atoms with Crippen molar-refractivity contribution in [3.8, 4) is 5.69 Å². The molecule has 0 atom stereocenters. The Labute approximate surface area is 140 Å². The Bertz CT molecular complexity index is 894. The van der Waals surface area contributed by atoms with Crippen LogP contribution in [0.15, 0.2) is 64.6 Å². The van der Waals surface area contributed by atoms with Gasteiger partial charge in [-0.15, -0.1) is 11.8 Å². The molecule has 0 spiro atoms. The van der Waals surface area contributed by atoms with Crippen molar-refractivity contribution in [2.24, 2.45) is 4.99 Å². The maximum atomic E-state index is 4.89. The molecule has 0 N–H and O–H groups in total. The standard InChI is InChI=1S/C19H17N3S/c1-13-12-22-17-9-8-15(23-2)10-16(17)19(20-11-18(22)21-13)14-6-4-3-5-7-14/h3-10,12H,11H2,1-2H3. The van der Waals surface area contributed by atoms with Crippen LogP contribution in [-0.2, 0) is 6.54 Å². The second-order valence-electron chi connectivity index (χ2n) is 5.58. The summed E-state index contributed by atoms with van der Waals surface area (Å²) in [6.45, 7) is 2.63. The zero-order valence-corrected chi connectivity index (χ0v) is 14.0. The molecule has 2 aromatic carbocycles. The van der Waals surface area contributed by atoms with Gasteiger partial charge in [0.2, 0.25) is 0 Å². The van der Waals surface area contributed by atoms with Gasteiger partial charge in [-0.05, 0) is 31.4 Å². The molecular weight excluding hydrogens is 302 g/mol. The Kier molecular flexibility index (Phi) is 3.54. The molecule has 1 aliphatic heterocycles.